The number of carbonyl (C=O) groups excluding carboxylic acids is 2. The summed E-state index contributed by atoms with van der Waals surface area (Å²) in [5.41, 5.74) is 0.948. The van der Waals surface area contributed by atoms with Gasteiger partial charge < -0.3 is 24.8 Å². The van der Waals surface area contributed by atoms with Crippen LogP contribution >= 0.6 is 0 Å². The SMILES string of the molecule is CCCC(=O)Nc1ccc2c(c1)C(=O)N(C)[C@@H]1CC[C@@H](CC(=O)O)O[C@@H]1CO2. The number of aliphatic carboxylic acids is 1. The highest BCUT2D eigenvalue weighted by atomic mass is 16.5. The smallest absolute Gasteiger partial charge is 0.305 e. The highest BCUT2D eigenvalue weighted by Crippen LogP contribution is 2.32. The fourth-order valence-corrected chi connectivity index (χ4v) is 3.75. The summed E-state index contributed by atoms with van der Waals surface area (Å²) in [7, 11) is 1.72. The first-order chi connectivity index (χ1) is 13.4. The summed E-state index contributed by atoms with van der Waals surface area (Å²) in [5, 5.41) is 11.8. The third-order valence-electron chi connectivity index (χ3n) is 5.17. The third-order valence-corrected chi connectivity index (χ3v) is 5.17. The average Bonchev–Trinajstić information content (AvgIpc) is 2.65. The molecule has 3 atom stereocenters. The van der Waals surface area contributed by atoms with Gasteiger partial charge in [0.2, 0.25) is 5.91 Å². The fourth-order valence-electron chi connectivity index (χ4n) is 3.75. The minimum Gasteiger partial charge on any atom is -0.490 e. The quantitative estimate of drug-likeness (QED) is 0.799. The average molecular weight is 390 g/mol. The number of benzene rings is 1. The van der Waals surface area contributed by atoms with E-state index in [9.17, 15) is 14.4 Å². The number of likely N-dealkylation sites (N-methyl/N-ethyl adjacent to an activating group) is 1. The molecule has 28 heavy (non-hydrogen) atoms. The molecule has 2 aliphatic rings. The lowest BCUT2D eigenvalue weighted by Gasteiger charge is -2.42. The van der Waals surface area contributed by atoms with Crippen LogP contribution in [0.15, 0.2) is 18.2 Å². The molecule has 0 unspecified atom stereocenters. The van der Waals surface area contributed by atoms with Crippen LogP contribution < -0.4 is 10.1 Å². The van der Waals surface area contributed by atoms with E-state index in [1.807, 2.05) is 6.92 Å². The lowest BCUT2D eigenvalue weighted by molar-refractivity contribution is -0.148. The number of ether oxygens (including phenoxy) is 2. The van der Waals surface area contributed by atoms with Gasteiger partial charge in [0, 0.05) is 19.2 Å². The Bertz CT molecular complexity index is 765. The first kappa shape index (κ1) is 20.1. The van der Waals surface area contributed by atoms with E-state index in [-0.39, 0.29) is 43.1 Å². The Morgan fingerprint density at radius 3 is 2.82 bits per heavy atom. The van der Waals surface area contributed by atoms with Crippen molar-refractivity contribution in [3.63, 3.8) is 0 Å². The zero-order valence-electron chi connectivity index (χ0n) is 16.1. The van der Waals surface area contributed by atoms with Crippen LogP contribution in [0.5, 0.6) is 5.75 Å². The zero-order valence-corrected chi connectivity index (χ0v) is 16.1. The summed E-state index contributed by atoms with van der Waals surface area (Å²) in [5.74, 6) is -0.785. The number of hydrogen-bond donors (Lipinski definition) is 2. The number of fused-ring (bicyclic) bond motifs is 2. The minimum atomic E-state index is -0.900. The van der Waals surface area contributed by atoms with Crippen LogP contribution in [0, 0.1) is 0 Å². The summed E-state index contributed by atoms with van der Waals surface area (Å²) in [6.45, 7) is 2.16. The molecule has 1 saturated heterocycles. The molecule has 1 aromatic carbocycles. The molecule has 8 heteroatoms. The van der Waals surface area contributed by atoms with E-state index in [1.54, 1.807) is 30.1 Å². The van der Waals surface area contributed by atoms with Crippen LogP contribution in [0.4, 0.5) is 5.69 Å². The van der Waals surface area contributed by atoms with Crippen molar-refractivity contribution in [2.45, 2.75) is 57.3 Å². The number of anilines is 1. The first-order valence-electron chi connectivity index (χ1n) is 9.60. The highest BCUT2D eigenvalue weighted by Gasteiger charge is 2.39. The Balaban J connectivity index is 1.80. The Labute approximate surface area is 163 Å². The van der Waals surface area contributed by atoms with Gasteiger partial charge in [-0.1, -0.05) is 6.92 Å². The maximum absolute atomic E-state index is 13.1. The molecule has 0 radical (unpaired) electrons. The maximum atomic E-state index is 13.1. The van der Waals surface area contributed by atoms with Crippen LogP contribution in [0.2, 0.25) is 0 Å². The fraction of sp³-hybridized carbons (Fsp3) is 0.550. The summed E-state index contributed by atoms with van der Waals surface area (Å²) < 4.78 is 11.8. The van der Waals surface area contributed by atoms with Crippen molar-refractivity contribution in [1.82, 2.24) is 4.90 Å². The van der Waals surface area contributed by atoms with E-state index in [4.69, 9.17) is 14.6 Å². The van der Waals surface area contributed by atoms with Gasteiger partial charge in [-0.25, -0.2) is 0 Å². The molecule has 0 saturated carbocycles. The standard InChI is InChI=1S/C20H26N2O6/c1-3-4-18(23)21-12-5-8-16-14(9-12)20(26)22(2)15-7-6-13(10-19(24)25)28-17(15)11-27-16/h5,8-9,13,15,17H,3-4,6-7,10-11H2,1-2H3,(H,21,23)(H,24,25)/t13-,15+,17+/m0/s1. The zero-order chi connectivity index (χ0) is 20.3. The number of rotatable bonds is 5. The molecule has 1 fully saturated rings. The molecule has 152 valence electrons. The van der Waals surface area contributed by atoms with E-state index < -0.39 is 5.97 Å². The predicted molar refractivity (Wildman–Crippen MR) is 102 cm³/mol. The van der Waals surface area contributed by atoms with Gasteiger partial charge in [-0.05, 0) is 37.5 Å². The van der Waals surface area contributed by atoms with Gasteiger partial charge in [-0.15, -0.1) is 0 Å². The monoisotopic (exact) mass is 390 g/mol. The van der Waals surface area contributed by atoms with Crippen molar-refractivity contribution < 1.29 is 29.0 Å². The second-order valence-electron chi connectivity index (χ2n) is 7.28. The number of carbonyl (C=O) groups is 3. The van der Waals surface area contributed by atoms with Crippen molar-refractivity contribution in [2.75, 3.05) is 19.0 Å². The molecule has 0 bridgehead atoms. The van der Waals surface area contributed by atoms with E-state index in [1.165, 1.54) is 0 Å². The number of nitrogens with zero attached hydrogens (tertiary/aromatic N) is 1. The number of nitrogens with one attached hydrogen (secondary N) is 1. The van der Waals surface area contributed by atoms with E-state index in [0.717, 1.165) is 6.42 Å². The Hall–Kier alpha value is -2.61. The van der Waals surface area contributed by atoms with Gasteiger partial charge >= 0.3 is 5.97 Å². The molecular weight excluding hydrogens is 364 g/mol. The van der Waals surface area contributed by atoms with Crippen molar-refractivity contribution in [1.29, 1.82) is 0 Å². The molecule has 3 rings (SSSR count). The molecule has 2 amide bonds. The molecule has 2 aliphatic heterocycles. The van der Waals surface area contributed by atoms with Gasteiger partial charge in [0.1, 0.15) is 18.5 Å². The lowest BCUT2D eigenvalue weighted by atomic mass is 9.94. The highest BCUT2D eigenvalue weighted by molar-refractivity contribution is 5.99. The Morgan fingerprint density at radius 2 is 2.11 bits per heavy atom. The van der Waals surface area contributed by atoms with Crippen molar-refractivity contribution >= 4 is 23.5 Å². The minimum absolute atomic E-state index is 0.0573. The van der Waals surface area contributed by atoms with E-state index >= 15 is 0 Å². The Kier molecular flexibility index (Phi) is 6.18. The van der Waals surface area contributed by atoms with Gasteiger partial charge in [0.25, 0.3) is 5.91 Å². The van der Waals surface area contributed by atoms with Gasteiger partial charge in [0.05, 0.1) is 24.1 Å². The lowest BCUT2D eigenvalue weighted by Crippen LogP contribution is -2.53. The normalized spacial score (nSPS) is 24.3. The van der Waals surface area contributed by atoms with Crippen LogP contribution in [0.25, 0.3) is 0 Å². The van der Waals surface area contributed by atoms with Crippen molar-refractivity contribution in [3.8, 4) is 5.75 Å². The number of hydrogen-bond acceptors (Lipinski definition) is 5. The molecule has 8 nitrogen and oxygen atoms in total. The van der Waals surface area contributed by atoms with E-state index in [0.29, 0.717) is 36.3 Å². The van der Waals surface area contributed by atoms with E-state index in [2.05, 4.69) is 5.32 Å². The van der Waals surface area contributed by atoms with Crippen molar-refractivity contribution in [2.24, 2.45) is 0 Å². The van der Waals surface area contributed by atoms with Crippen LogP contribution in [0.3, 0.4) is 0 Å². The summed E-state index contributed by atoms with van der Waals surface area (Å²) >= 11 is 0. The molecule has 0 aliphatic carbocycles. The largest absolute Gasteiger partial charge is 0.490 e. The second kappa shape index (κ2) is 8.60. The molecule has 0 aromatic heterocycles. The molecule has 1 aromatic rings. The molecular formula is C20H26N2O6. The number of carboxylic acids is 1. The predicted octanol–water partition coefficient (Wildman–Crippen LogP) is 2.28. The summed E-state index contributed by atoms with van der Waals surface area (Å²) in [6, 6.07) is 4.82. The molecule has 2 N–H and O–H groups in total. The van der Waals surface area contributed by atoms with Gasteiger partial charge in [-0.3, -0.25) is 14.4 Å². The van der Waals surface area contributed by atoms with Crippen LogP contribution in [0.1, 0.15) is 49.4 Å². The first-order valence-corrected chi connectivity index (χ1v) is 9.60. The summed E-state index contributed by atoms with van der Waals surface area (Å²) in [6.07, 6.45) is 1.57. The Morgan fingerprint density at radius 1 is 1.32 bits per heavy atom. The maximum Gasteiger partial charge on any atom is 0.305 e. The number of carboxylic acid groups (broad SMARTS) is 1. The topological polar surface area (TPSA) is 105 Å². The van der Waals surface area contributed by atoms with Crippen LogP contribution in [-0.2, 0) is 14.3 Å². The molecule has 0 spiro atoms. The number of amides is 2. The van der Waals surface area contributed by atoms with Crippen molar-refractivity contribution in [3.05, 3.63) is 23.8 Å². The third kappa shape index (κ3) is 4.44. The second-order valence-corrected chi connectivity index (χ2v) is 7.28. The van der Waals surface area contributed by atoms with Gasteiger partial charge in [-0.2, -0.15) is 0 Å². The molecule has 2 heterocycles. The van der Waals surface area contributed by atoms with Crippen LogP contribution in [-0.4, -0.2) is 59.7 Å². The van der Waals surface area contributed by atoms with Gasteiger partial charge in [0.15, 0.2) is 0 Å². The summed E-state index contributed by atoms with van der Waals surface area (Å²) in [4.78, 5) is 37.5.